The fourth-order valence-electron chi connectivity index (χ4n) is 3.09. The lowest BCUT2D eigenvalue weighted by Crippen LogP contribution is -2.66. The number of hydrogen-bond acceptors (Lipinski definition) is 3. The van der Waals surface area contributed by atoms with E-state index in [4.69, 9.17) is 5.73 Å². The number of rotatable bonds is 5. The van der Waals surface area contributed by atoms with Crippen molar-refractivity contribution in [3.05, 3.63) is 0 Å². The van der Waals surface area contributed by atoms with Crippen molar-refractivity contribution >= 4 is 17.8 Å². The van der Waals surface area contributed by atoms with Crippen molar-refractivity contribution in [1.82, 2.24) is 15.1 Å². The summed E-state index contributed by atoms with van der Waals surface area (Å²) in [5.41, 5.74) is 4.41. The van der Waals surface area contributed by atoms with E-state index in [1.165, 1.54) is 0 Å². The van der Waals surface area contributed by atoms with Crippen molar-refractivity contribution < 1.29 is 9.59 Å². The summed E-state index contributed by atoms with van der Waals surface area (Å²) in [6.07, 6.45) is 0. The molecule has 0 radical (unpaired) electrons. The molecule has 138 valence electrons. The maximum atomic E-state index is 12.6. The van der Waals surface area contributed by atoms with Crippen LogP contribution in [0.3, 0.4) is 0 Å². The van der Waals surface area contributed by atoms with Gasteiger partial charge in [0, 0.05) is 19.1 Å². The van der Waals surface area contributed by atoms with E-state index in [2.05, 4.69) is 24.2 Å². The minimum atomic E-state index is -0.722. The second-order valence-electron chi connectivity index (χ2n) is 7.94. The number of nitrogens with two attached hydrogens (primary N) is 1. The van der Waals surface area contributed by atoms with Crippen LogP contribution >= 0.6 is 0 Å². The standard InChI is InChI=1S/C17H33N5O2/c1-8-19-15(20-10-16(4,5)14(18)24)21-9-13(23)22(12(2)3)17(6,7)11-21/h12H,8-11H2,1-7H3,(H2,18,24)(H,19,20). The largest absolute Gasteiger partial charge is 0.369 e. The highest BCUT2D eigenvalue weighted by atomic mass is 16.2. The van der Waals surface area contributed by atoms with E-state index < -0.39 is 5.41 Å². The lowest BCUT2D eigenvalue weighted by atomic mass is 9.93. The second-order valence-corrected chi connectivity index (χ2v) is 7.94. The third-order valence-corrected chi connectivity index (χ3v) is 4.27. The number of carbonyl (C=O) groups excluding carboxylic acids is 2. The molecule has 1 saturated heterocycles. The predicted molar refractivity (Wildman–Crippen MR) is 96.6 cm³/mol. The average molecular weight is 339 g/mol. The zero-order chi connectivity index (χ0) is 18.7. The SMILES string of the molecule is CCNC(=NCC(C)(C)C(N)=O)N1CC(=O)N(C(C)C)C(C)(C)C1. The van der Waals surface area contributed by atoms with Gasteiger partial charge < -0.3 is 20.9 Å². The number of nitrogens with zero attached hydrogens (tertiary/aromatic N) is 3. The van der Waals surface area contributed by atoms with Gasteiger partial charge in [0.05, 0.1) is 24.0 Å². The molecule has 1 heterocycles. The topological polar surface area (TPSA) is 91.0 Å². The van der Waals surface area contributed by atoms with Gasteiger partial charge >= 0.3 is 0 Å². The van der Waals surface area contributed by atoms with Crippen molar-refractivity contribution in [1.29, 1.82) is 0 Å². The van der Waals surface area contributed by atoms with Gasteiger partial charge in [0.1, 0.15) is 0 Å². The van der Waals surface area contributed by atoms with Gasteiger partial charge in [-0.2, -0.15) is 0 Å². The predicted octanol–water partition coefficient (Wildman–Crippen LogP) is 0.795. The highest BCUT2D eigenvalue weighted by Gasteiger charge is 2.40. The molecule has 0 aromatic carbocycles. The van der Waals surface area contributed by atoms with Crippen LogP contribution in [-0.2, 0) is 9.59 Å². The van der Waals surface area contributed by atoms with Crippen LogP contribution in [0.5, 0.6) is 0 Å². The number of piperazine rings is 1. The van der Waals surface area contributed by atoms with E-state index in [1.807, 2.05) is 30.6 Å². The fourth-order valence-corrected chi connectivity index (χ4v) is 3.09. The Hall–Kier alpha value is -1.79. The zero-order valence-electron chi connectivity index (χ0n) is 16.1. The lowest BCUT2D eigenvalue weighted by molar-refractivity contribution is -0.145. The number of carbonyl (C=O) groups is 2. The van der Waals surface area contributed by atoms with E-state index in [0.717, 1.165) is 0 Å². The van der Waals surface area contributed by atoms with E-state index in [1.54, 1.807) is 13.8 Å². The summed E-state index contributed by atoms with van der Waals surface area (Å²) in [4.78, 5) is 32.6. The molecule has 1 aliphatic rings. The van der Waals surface area contributed by atoms with Crippen LogP contribution in [0.1, 0.15) is 48.5 Å². The maximum absolute atomic E-state index is 12.6. The zero-order valence-corrected chi connectivity index (χ0v) is 16.1. The molecule has 0 atom stereocenters. The summed E-state index contributed by atoms with van der Waals surface area (Å²) in [5, 5.41) is 3.22. The Morgan fingerprint density at radius 3 is 2.42 bits per heavy atom. The normalized spacial score (nSPS) is 19.0. The highest BCUT2D eigenvalue weighted by Crippen LogP contribution is 2.24. The molecule has 0 aromatic rings. The Morgan fingerprint density at radius 2 is 2.00 bits per heavy atom. The van der Waals surface area contributed by atoms with Crippen LogP contribution in [-0.4, -0.2) is 65.3 Å². The first-order valence-electron chi connectivity index (χ1n) is 8.57. The molecule has 1 aliphatic heterocycles. The number of aliphatic imine (C=N–C) groups is 1. The summed E-state index contributed by atoms with van der Waals surface area (Å²) >= 11 is 0. The molecule has 3 N–H and O–H groups in total. The second kappa shape index (κ2) is 7.40. The molecule has 1 fully saturated rings. The molecule has 24 heavy (non-hydrogen) atoms. The molecule has 0 aromatic heterocycles. The molecule has 2 amide bonds. The van der Waals surface area contributed by atoms with Gasteiger partial charge in [0.2, 0.25) is 11.8 Å². The Morgan fingerprint density at radius 1 is 1.42 bits per heavy atom. The lowest BCUT2D eigenvalue weighted by Gasteiger charge is -2.49. The first-order chi connectivity index (χ1) is 10.9. The summed E-state index contributed by atoms with van der Waals surface area (Å²) < 4.78 is 0. The van der Waals surface area contributed by atoms with Crippen molar-refractivity contribution in [3.63, 3.8) is 0 Å². The van der Waals surface area contributed by atoms with Crippen LogP contribution in [0.4, 0.5) is 0 Å². The van der Waals surface area contributed by atoms with E-state index in [-0.39, 0.29) is 36.5 Å². The first kappa shape index (κ1) is 20.3. The van der Waals surface area contributed by atoms with Gasteiger partial charge in [-0.3, -0.25) is 14.6 Å². The number of guanidine groups is 1. The Bertz CT molecular complexity index is 511. The van der Waals surface area contributed by atoms with Gasteiger partial charge in [0.15, 0.2) is 5.96 Å². The van der Waals surface area contributed by atoms with Gasteiger partial charge in [-0.25, -0.2) is 0 Å². The highest BCUT2D eigenvalue weighted by molar-refractivity contribution is 5.89. The average Bonchev–Trinajstić information content (AvgIpc) is 2.40. The van der Waals surface area contributed by atoms with Crippen LogP contribution in [0, 0.1) is 5.41 Å². The molecule has 0 unspecified atom stereocenters. The summed E-state index contributed by atoms with van der Waals surface area (Å²) in [6.45, 7) is 15.6. The fraction of sp³-hybridized carbons (Fsp3) is 0.824. The number of amides is 2. The van der Waals surface area contributed by atoms with Crippen molar-refractivity contribution in [2.45, 2.75) is 60.0 Å². The number of nitrogens with one attached hydrogen (secondary N) is 1. The molecule has 0 spiro atoms. The maximum Gasteiger partial charge on any atom is 0.242 e. The van der Waals surface area contributed by atoms with Crippen molar-refractivity contribution in [2.24, 2.45) is 16.1 Å². The van der Waals surface area contributed by atoms with Crippen LogP contribution < -0.4 is 11.1 Å². The van der Waals surface area contributed by atoms with E-state index >= 15 is 0 Å². The third kappa shape index (κ3) is 4.61. The van der Waals surface area contributed by atoms with Gasteiger partial charge in [-0.15, -0.1) is 0 Å². The monoisotopic (exact) mass is 339 g/mol. The number of primary amides is 1. The molecule has 1 rings (SSSR count). The summed E-state index contributed by atoms with van der Waals surface area (Å²) in [7, 11) is 0. The molecule has 7 nitrogen and oxygen atoms in total. The number of hydrogen-bond donors (Lipinski definition) is 2. The third-order valence-electron chi connectivity index (χ3n) is 4.27. The minimum Gasteiger partial charge on any atom is -0.369 e. The van der Waals surface area contributed by atoms with E-state index in [0.29, 0.717) is 19.0 Å². The van der Waals surface area contributed by atoms with Crippen LogP contribution in [0.25, 0.3) is 0 Å². The minimum absolute atomic E-state index is 0.0843. The quantitative estimate of drug-likeness (QED) is 0.572. The van der Waals surface area contributed by atoms with E-state index in [9.17, 15) is 9.59 Å². The molecular formula is C17H33N5O2. The molecule has 0 aliphatic carbocycles. The van der Waals surface area contributed by atoms with Gasteiger partial charge in [-0.05, 0) is 48.5 Å². The smallest absolute Gasteiger partial charge is 0.242 e. The molecule has 0 saturated carbocycles. The van der Waals surface area contributed by atoms with Crippen LogP contribution in [0.15, 0.2) is 4.99 Å². The molecule has 7 heteroatoms. The van der Waals surface area contributed by atoms with Crippen molar-refractivity contribution in [2.75, 3.05) is 26.2 Å². The Kier molecular flexibility index (Phi) is 6.25. The van der Waals surface area contributed by atoms with Crippen LogP contribution in [0.2, 0.25) is 0 Å². The van der Waals surface area contributed by atoms with Gasteiger partial charge in [-0.1, -0.05) is 0 Å². The van der Waals surface area contributed by atoms with Gasteiger partial charge in [0.25, 0.3) is 0 Å². The Balaban J connectivity index is 3.02. The molecule has 0 bridgehead atoms. The summed E-state index contributed by atoms with van der Waals surface area (Å²) in [5.74, 6) is 0.348. The Labute approximate surface area is 145 Å². The first-order valence-corrected chi connectivity index (χ1v) is 8.57. The summed E-state index contributed by atoms with van der Waals surface area (Å²) in [6, 6.07) is 0.156. The molecular weight excluding hydrogens is 306 g/mol. The van der Waals surface area contributed by atoms with Crippen molar-refractivity contribution in [3.8, 4) is 0 Å².